The van der Waals surface area contributed by atoms with Gasteiger partial charge in [-0.15, -0.1) is 0 Å². The van der Waals surface area contributed by atoms with E-state index in [1.165, 1.54) is 12.1 Å². The Morgan fingerprint density at radius 1 is 1.15 bits per heavy atom. The number of halogens is 1. The maximum Gasteiger partial charge on any atom is 0.224 e. The lowest BCUT2D eigenvalue weighted by Crippen LogP contribution is -2.37. The summed E-state index contributed by atoms with van der Waals surface area (Å²) < 4.78 is 18.6. The number of hydrogen-bond donors (Lipinski definition) is 2. The minimum Gasteiger partial charge on any atom is -0.398 e. The fourth-order valence-corrected chi connectivity index (χ4v) is 3.82. The van der Waals surface area contributed by atoms with Crippen LogP contribution in [0.5, 0.6) is 0 Å². The van der Waals surface area contributed by atoms with Crippen LogP contribution in [-0.4, -0.2) is 43.7 Å². The van der Waals surface area contributed by atoms with Crippen LogP contribution in [0, 0.1) is 5.82 Å². The summed E-state index contributed by atoms with van der Waals surface area (Å²) in [4.78, 5) is 14.6. The molecule has 3 N–H and O–H groups in total. The number of amides is 1. The Kier molecular flexibility index (Phi) is 9.37. The predicted molar refractivity (Wildman–Crippen MR) is 135 cm³/mol. The van der Waals surface area contributed by atoms with Gasteiger partial charge in [0.25, 0.3) is 0 Å². The summed E-state index contributed by atoms with van der Waals surface area (Å²) in [5.74, 6) is -0.430. The number of hydrogen-bond acceptors (Lipinski definition) is 4. The first-order valence-corrected chi connectivity index (χ1v) is 11.5. The highest BCUT2D eigenvalue weighted by Crippen LogP contribution is 2.23. The van der Waals surface area contributed by atoms with Crippen LogP contribution in [0.2, 0.25) is 0 Å². The van der Waals surface area contributed by atoms with E-state index in [2.05, 4.69) is 26.0 Å². The zero-order valence-electron chi connectivity index (χ0n) is 18.7. The Bertz CT molecular complexity index is 1020. The maximum absolute atomic E-state index is 13.3. The number of morpholine rings is 1. The van der Waals surface area contributed by atoms with Crippen molar-refractivity contribution < 1.29 is 13.9 Å². The van der Waals surface area contributed by atoms with Crippen LogP contribution < -0.4 is 11.1 Å². The summed E-state index contributed by atoms with van der Waals surface area (Å²) in [5.41, 5.74) is 11.2. The summed E-state index contributed by atoms with van der Waals surface area (Å²) >= 11 is 0. The molecule has 1 aliphatic rings. The number of nitrogens with zero attached hydrogens (tertiary/aromatic N) is 1. The maximum atomic E-state index is 13.3. The van der Waals surface area contributed by atoms with Gasteiger partial charge < -0.3 is 15.8 Å². The topological polar surface area (TPSA) is 67.6 Å². The first-order chi connectivity index (χ1) is 15.9. The lowest BCUT2D eigenvalue weighted by molar-refractivity contribution is -0.120. The number of allylic oxidation sites excluding steroid dienone is 2. The van der Waals surface area contributed by atoms with E-state index in [1.807, 2.05) is 36.4 Å². The smallest absolute Gasteiger partial charge is 0.224 e. The van der Waals surface area contributed by atoms with E-state index in [4.69, 9.17) is 10.5 Å². The molecule has 0 spiro atoms. The Morgan fingerprint density at radius 3 is 2.55 bits per heavy atom. The van der Waals surface area contributed by atoms with Gasteiger partial charge in [0.15, 0.2) is 0 Å². The molecule has 174 valence electrons. The highest BCUT2D eigenvalue weighted by Gasteiger charge is 2.10. The molecule has 1 fully saturated rings. The van der Waals surface area contributed by atoms with Gasteiger partial charge in [-0.3, -0.25) is 9.69 Å². The zero-order valence-corrected chi connectivity index (χ0v) is 19.9. The summed E-state index contributed by atoms with van der Waals surface area (Å²) in [6.07, 6.45) is 4.22. The van der Waals surface area contributed by atoms with Gasteiger partial charge in [-0.1, -0.05) is 64.4 Å². The van der Waals surface area contributed by atoms with E-state index in [-0.39, 0.29) is 18.1 Å². The minimum atomic E-state index is -0.312. The van der Waals surface area contributed by atoms with Gasteiger partial charge >= 0.3 is 0 Å². The number of carbonyl (C=O) groups is 1. The monoisotopic (exact) mass is 467 g/mol. The average molecular weight is 468 g/mol. The van der Waals surface area contributed by atoms with Gasteiger partial charge in [0.2, 0.25) is 5.91 Å². The first kappa shape index (κ1) is 24.8. The predicted octanol–water partition coefficient (Wildman–Crippen LogP) is 3.63. The van der Waals surface area contributed by atoms with Gasteiger partial charge in [-0.25, -0.2) is 4.39 Å². The van der Waals surface area contributed by atoms with Crippen molar-refractivity contribution in [2.24, 2.45) is 5.73 Å². The first-order valence-electron chi connectivity index (χ1n) is 10.9. The number of carbonyl (C=O) groups excluding carboxylic acids is 1. The summed E-state index contributed by atoms with van der Waals surface area (Å²) in [6, 6.07) is 14.0. The number of ether oxygens (including phenoxy) is 1. The summed E-state index contributed by atoms with van der Waals surface area (Å²) in [5, 5.41) is 2.83. The van der Waals surface area contributed by atoms with E-state index in [0.29, 0.717) is 12.0 Å². The molecular weight excluding hydrogens is 436 g/mol. The van der Waals surface area contributed by atoms with Crippen LogP contribution in [0.3, 0.4) is 0 Å². The molecule has 1 atom stereocenters. The van der Waals surface area contributed by atoms with Crippen molar-refractivity contribution in [3.05, 3.63) is 101 Å². The fraction of sp³-hybridized carbons (Fsp3) is 0.269. The fourth-order valence-electron chi connectivity index (χ4n) is 3.56. The van der Waals surface area contributed by atoms with Crippen molar-refractivity contribution in [1.82, 2.24) is 10.2 Å². The van der Waals surface area contributed by atoms with Gasteiger partial charge in [-0.05, 0) is 34.4 Å². The molecule has 1 saturated heterocycles. The number of benzene rings is 2. The van der Waals surface area contributed by atoms with Crippen LogP contribution in [0.1, 0.15) is 16.7 Å². The Morgan fingerprint density at radius 2 is 1.88 bits per heavy atom. The Balaban J connectivity index is 1.55. The Hall–Kier alpha value is -2.79. The molecule has 1 unspecified atom stereocenters. The number of nitrogens with one attached hydrogen (secondary N) is 1. The van der Waals surface area contributed by atoms with Gasteiger partial charge in [-0.2, -0.15) is 0 Å². The minimum absolute atomic E-state index is 0.118. The third-order valence-electron chi connectivity index (χ3n) is 5.34. The van der Waals surface area contributed by atoms with Gasteiger partial charge in [0.05, 0.1) is 19.6 Å². The van der Waals surface area contributed by atoms with Gasteiger partial charge in [0, 0.05) is 37.2 Å². The van der Waals surface area contributed by atoms with Crippen molar-refractivity contribution in [2.75, 3.05) is 32.8 Å². The largest absolute Gasteiger partial charge is 0.398 e. The number of nitrogens with two attached hydrogens (primary N) is 1. The molecule has 1 heterocycles. The highest BCUT2D eigenvalue weighted by atomic mass is 31.0. The van der Waals surface area contributed by atoms with E-state index in [1.54, 1.807) is 12.1 Å². The molecule has 2 aromatic rings. The lowest BCUT2D eigenvalue weighted by Gasteiger charge is -2.26. The molecule has 1 amide bonds. The lowest BCUT2D eigenvalue weighted by atomic mass is 10.0. The van der Waals surface area contributed by atoms with Gasteiger partial charge in [0.1, 0.15) is 5.82 Å². The van der Waals surface area contributed by atoms with Crippen molar-refractivity contribution in [3.63, 3.8) is 0 Å². The Labute approximate surface area is 197 Å². The zero-order chi connectivity index (χ0) is 23.6. The highest BCUT2D eigenvalue weighted by molar-refractivity contribution is 7.22. The second-order valence-corrected chi connectivity index (χ2v) is 8.65. The van der Waals surface area contributed by atoms with Crippen LogP contribution >= 0.6 is 9.24 Å². The van der Waals surface area contributed by atoms with E-state index < -0.39 is 0 Å². The van der Waals surface area contributed by atoms with Crippen molar-refractivity contribution in [1.29, 1.82) is 0 Å². The summed E-state index contributed by atoms with van der Waals surface area (Å²) in [6.45, 7) is 8.61. The molecule has 0 radical (unpaired) electrons. The van der Waals surface area contributed by atoms with Crippen molar-refractivity contribution in [2.45, 2.75) is 13.0 Å². The van der Waals surface area contributed by atoms with Crippen LogP contribution in [-0.2, 0) is 22.5 Å². The molecule has 1 aliphatic heterocycles. The quantitative estimate of drug-likeness (QED) is 0.437. The standard InChI is InChI=1S/C26H31FN3O2P/c1-19(18-30-11-13-32-14-12-30)5-10-24(26(28)33)22-8-6-20(7-9-22)16-25(31)29-17-21-3-2-4-23(27)15-21/h2-10,15H,1,11-14,16-18,28,33H2,(H,29,31)/b10-5-,26-24-. The molecule has 7 heteroatoms. The second-order valence-electron chi connectivity index (χ2n) is 8.03. The normalized spacial score (nSPS) is 15.3. The SMILES string of the molecule is C=C(/C=C\C(=C(/N)P)c1ccc(CC(=O)NCc2cccc(F)c2)cc1)CN1CCOCC1. The van der Waals surface area contributed by atoms with E-state index in [0.717, 1.165) is 60.7 Å². The number of rotatable bonds is 9. The third-order valence-corrected chi connectivity index (χ3v) is 5.65. The third kappa shape index (κ3) is 8.25. The molecule has 0 bridgehead atoms. The second kappa shape index (κ2) is 12.4. The van der Waals surface area contributed by atoms with Crippen molar-refractivity contribution in [3.8, 4) is 0 Å². The molecule has 0 aromatic heterocycles. The molecule has 5 nitrogen and oxygen atoms in total. The van der Waals surface area contributed by atoms with Crippen LogP contribution in [0.25, 0.3) is 5.57 Å². The van der Waals surface area contributed by atoms with Crippen LogP contribution in [0.15, 0.2) is 78.3 Å². The van der Waals surface area contributed by atoms with Crippen LogP contribution in [0.4, 0.5) is 4.39 Å². The average Bonchev–Trinajstić information content (AvgIpc) is 2.79. The molecule has 0 aliphatic carbocycles. The molecule has 2 aromatic carbocycles. The van der Waals surface area contributed by atoms with E-state index in [9.17, 15) is 9.18 Å². The molecule has 0 saturated carbocycles. The molecule has 33 heavy (non-hydrogen) atoms. The molecule has 3 rings (SSSR count). The molecular formula is C26H31FN3O2P. The van der Waals surface area contributed by atoms with E-state index >= 15 is 0 Å². The summed E-state index contributed by atoms with van der Waals surface area (Å²) in [7, 11) is 2.55. The van der Waals surface area contributed by atoms with Crippen molar-refractivity contribution >= 4 is 20.7 Å².